The summed E-state index contributed by atoms with van der Waals surface area (Å²) in [5, 5.41) is 2.79. The van der Waals surface area contributed by atoms with Crippen LogP contribution in [0.3, 0.4) is 0 Å². The van der Waals surface area contributed by atoms with E-state index in [0.717, 1.165) is 10.0 Å². The topological polar surface area (TPSA) is 49.4 Å². The summed E-state index contributed by atoms with van der Waals surface area (Å²) < 4.78 is 1.01. The van der Waals surface area contributed by atoms with E-state index >= 15 is 0 Å². The van der Waals surface area contributed by atoms with Crippen molar-refractivity contribution in [2.24, 2.45) is 0 Å². The van der Waals surface area contributed by atoms with E-state index < -0.39 is 5.54 Å². The van der Waals surface area contributed by atoms with E-state index in [9.17, 15) is 9.59 Å². The summed E-state index contributed by atoms with van der Waals surface area (Å²) in [6, 6.07) is 7.77. The summed E-state index contributed by atoms with van der Waals surface area (Å²) in [5.41, 5.74) is 0.204. The third-order valence-corrected chi connectivity index (χ3v) is 4.06. The zero-order valence-electron chi connectivity index (χ0n) is 11.9. The van der Waals surface area contributed by atoms with E-state index in [1.54, 1.807) is 18.7 Å². The van der Waals surface area contributed by atoms with Gasteiger partial charge in [0.1, 0.15) is 5.54 Å². The van der Waals surface area contributed by atoms with Crippen LogP contribution in [-0.4, -0.2) is 28.3 Å². The number of hydrogen-bond donors (Lipinski definition) is 1. The highest BCUT2D eigenvalue weighted by molar-refractivity contribution is 9.10. The molecule has 0 aromatic heterocycles. The summed E-state index contributed by atoms with van der Waals surface area (Å²) in [6.45, 7) is 5.93. The molecule has 4 nitrogen and oxygen atoms in total. The lowest BCUT2D eigenvalue weighted by atomic mass is 10.0. The molecule has 20 heavy (non-hydrogen) atoms. The Morgan fingerprint density at radius 2 is 1.90 bits per heavy atom. The molecule has 1 aromatic carbocycles. The van der Waals surface area contributed by atoms with Crippen molar-refractivity contribution in [3.8, 4) is 0 Å². The molecule has 0 aliphatic carbocycles. The molecular formula is C15H19BrN2O2. The van der Waals surface area contributed by atoms with Crippen LogP contribution in [0.25, 0.3) is 0 Å². The van der Waals surface area contributed by atoms with Gasteiger partial charge in [0, 0.05) is 23.5 Å². The van der Waals surface area contributed by atoms with Gasteiger partial charge in [-0.25, -0.2) is 0 Å². The van der Waals surface area contributed by atoms with Gasteiger partial charge in [-0.05, 0) is 38.5 Å². The van der Waals surface area contributed by atoms with Gasteiger partial charge in [-0.2, -0.15) is 0 Å². The molecule has 2 amide bonds. The Bertz CT molecular complexity index is 525. The van der Waals surface area contributed by atoms with Gasteiger partial charge in [0.2, 0.25) is 11.8 Å². The molecule has 0 saturated carbocycles. The second-order valence-electron chi connectivity index (χ2n) is 5.79. The first-order chi connectivity index (χ1) is 9.29. The third-order valence-electron chi connectivity index (χ3n) is 3.53. The zero-order valence-corrected chi connectivity index (χ0v) is 13.5. The zero-order chi connectivity index (χ0) is 14.9. The molecule has 0 bridgehead atoms. The Morgan fingerprint density at radius 3 is 2.50 bits per heavy atom. The molecule has 1 heterocycles. The number of nitrogens with zero attached hydrogens (tertiary/aromatic N) is 1. The minimum Gasteiger partial charge on any atom is -0.342 e. The van der Waals surface area contributed by atoms with E-state index in [1.807, 2.05) is 31.2 Å². The minimum absolute atomic E-state index is 0.0428. The lowest BCUT2D eigenvalue weighted by Crippen LogP contribution is -2.53. The van der Waals surface area contributed by atoms with Crippen molar-refractivity contribution in [3.63, 3.8) is 0 Å². The highest BCUT2D eigenvalue weighted by Gasteiger charge is 2.39. The van der Waals surface area contributed by atoms with Crippen LogP contribution in [0.5, 0.6) is 0 Å². The first-order valence-corrected chi connectivity index (χ1v) is 7.45. The molecule has 1 aliphatic heterocycles. The van der Waals surface area contributed by atoms with Crippen molar-refractivity contribution in [2.75, 3.05) is 0 Å². The van der Waals surface area contributed by atoms with Gasteiger partial charge in [-0.3, -0.25) is 9.59 Å². The van der Waals surface area contributed by atoms with Crippen molar-refractivity contribution in [2.45, 2.75) is 45.3 Å². The quantitative estimate of drug-likeness (QED) is 0.900. The van der Waals surface area contributed by atoms with E-state index in [4.69, 9.17) is 0 Å². The summed E-state index contributed by atoms with van der Waals surface area (Å²) in [6.07, 6.45) is 0.339. The van der Waals surface area contributed by atoms with Crippen LogP contribution < -0.4 is 5.32 Å². The number of carbonyl (C=O) groups is 2. The third kappa shape index (κ3) is 3.20. The molecule has 5 heteroatoms. The molecule has 1 N–H and O–H groups in total. The molecule has 1 aromatic rings. The Labute approximate surface area is 127 Å². The van der Waals surface area contributed by atoms with Crippen molar-refractivity contribution in [1.82, 2.24) is 10.2 Å². The van der Waals surface area contributed by atoms with Gasteiger partial charge in [-0.15, -0.1) is 0 Å². The summed E-state index contributed by atoms with van der Waals surface area (Å²) in [4.78, 5) is 26.2. The molecular weight excluding hydrogens is 320 g/mol. The molecule has 1 aliphatic rings. The number of halogens is 1. The SMILES string of the molecule is CC1CC(=O)NC(C)(C)C(=O)N1Cc1ccc(Br)cc1. The van der Waals surface area contributed by atoms with Crippen LogP contribution in [0.15, 0.2) is 28.7 Å². The Kier molecular flexibility index (Phi) is 4.18. The van der Waals surface area contributed by atoms with Gasteiger partial charge in [0.25, 0.3) is 0 Å². The minimum atomic E-state index is -0.850. The number of rotatable bonds is 2. The predicted octanol–water partition coefficient (Wildman–Crippen LogP) is 2.46. The number of benzene rings is 1. The first-order valence-electron chi connectivity index (χ1n) is 6.66. The largest absolute Gasteiger partial charge is 0.342 e. The van der Waals surface area contributed by atoms with E-state index in [2.05, 4.69) is 21.2 Å². The fraction of sp³-hybridized carbons (Fsp3) is 0.467. The molecule has 1 atom stereocenters. The second-order valence-corrected chi connectivity index (χ2v) is 6.70. The van der Waals surface area contributed by atoms with Crippen LogP contribution in [0.2, 0.25) is 0 Å². The number of hydrogen-bond acceptors (Lipinski definition) is 2. The smallest absolute Gasteiger partial charge is 0.248 e. The normalized spacial score (nSPS) is 22.4. The fourth-order valence-electron chi connectivity index (χ4n) is 2.40. The van der Waals surface area contributed by atoms with Gasteiger partial charge < -0.3 is 10.2 Å². The maximum Gasteiger partial charge on any atom is 0.248 e. The molecule has 1 unspecified atom stereocenters. The van der Waals surface area contributed by atoms with Crippen LogP contribution in [0.4, 0.5) is 0 Å². The van der Waals surface area contributed by atoms with Crippen LogP contribution >= 0.6 is 15.9 Å². The number of nitrogens with one attached hydrogen (secondary N) is 1. The Balaban J connectivity index is 2.25. The fourth-order valence-corrected chi connectivity index (χ4v) is 2.67. The average molecular weight is 339 g/mol. The monoisotopic (exact) mass is 338 g/mol. The first kappa shape index (κ1) is 15.0. The van der Waals surface area contributed by atoms with Crippen molar-refractivity contribution in [1.29, 1.82) is 0 Å². The van der Waals surface area contributed by atoms with Crippen LogP contribution in [0, 0.1) is 0 Å². The predicted molar refractivity (Wildman–Crippen MR) is 81.0 cm³/mol. The maximum atomic E-state index is 12.6. The standard InChI is InChI=1S/C15H19BrN2O2/c1-10-8-13(19)17-15(2,3)14(20)18(10)9-11-4-6-12(16)7-5-11/h4-7,10H,8-9H2,1-3H3,(H,17,19). The van der Waals surface area contributed by atoms with Crippen LogP contribution in [-0.2, 0) is 16.1 Å². The number of carbonyl (C=O) groups excluding carboxylic acids is 2. The van der Waals surface area contributed by atoms with E-state index in [0.29, 0.717) is 13.0 Å². The molecule has 2 rings (SSSR count). The summed E-state index contributed by atoms with van der Waals surface area (Å²) in [5.74, 6) is -0.118. The maximum absolute atomic E-state index is 12.6. The van der Waals surface area contributed by atoms with Crippen molar-refractivity contribution < 1.29 is 9.59 Å². The average Bonchev–Trinajstić information content (AvgIpc) is 2.41. The molecule has 0 spiro atoms. The van der Waals surface area contributed by atoms with Gasteiger partial charge in [0.15, 0.2) is 0 Å². The summed E-state index contributed by atoms with van der Waals surface area (Å²) >= 11 is 3.40. The van der Waals surface area contributed by atoms with E-state index in [1.165, 1.54) is 0 Å². The highest BCUT2D eigenvalue weighted by Crippen LogP contribution is 2.21. The van der Waals surface area contributed by atoms with Crippen LogP contribution in [0.1, 0.15) is 32.8 Å². The highest BCUT2D eigenvalue weighted by atomic mass is 79.9. The van der Waals surface area contributed by atoms with Crippen molar-refractivity contribution in [3.05, 3.63) is 34.3 Å². The number of amides is 2. The van der Waals surface area contributed by atoms with Gasteiger partial charge in [0.05, 0.1) is 0 Å². The Morgan fingerprint density at radius 1 is 1.30 bits per heavy atom. The van der Waals surface area contributed by atoms with E-state index in [-0.39, 0.29) is 17.9 Å². The lowest BCUT2D eigenvalue weighted by molar-refractivity contribution is -0.139. The van der Waals surface area contributed by atoms with Gasteiger partial charge in [-0.1, -0.05) is 28.1 Å². The molecule has 1 fully saturated rings. The Hall–Kier alpha value is -1.36. The van der Waals surface area contributed by atoms with Gasteiger partial charge >= 0.3 is 0 Å². The van der Waals surface area contributed by atoms with Crippen molar-refractivity contribution >= 4 is 27.7 Å². The molecule has 0 radical (unpaired) electrons. The molecule has 108 valence electrons. The second kappa shape index (κ2) is 5.56. The molecule has 1 saturated heterocycles. The lowest BCUT2D eigenvalue weighted by Gasteiger charge is -2.32. The summed E-state index contributed by atoms with van der Waals surface area (Å²) in [7, 11) is 0.